The number of hydrogen-bond donors (Lipinski definition) is 0. The summed E-state index contributed by atoms with van der Waals surface area (Å²) in [6.07, 6.45) is 1.71. The summed E-state index contributed by atoms with van der Waals surface area (Å²) < 4.78 is 1.71. The first kappa shape index (κ1) is 10.7. The van der Waals surface area contributed by atoms with Crippen LogP contribution in [0.15, 0.2) is 60.9 Å². The lowest BCUT2D eigenvalue weighted by Gasteiger charge is -2.02. The third-order valence-electron chi connectivity index (χ3n) is 2.85. The molecule has 0 spiro atoms. The first-order chi connectivity index (χ1) is 8.83. The third kappa shape index (κ3) is 2.02. The molecule has 1 heterocycles. The van der Waals surface area contributed by atoms with Gasteiger partial charge in [0.05, 0.1) is 0 Å². The minimum Gasteiger partial charge on any atom is -0.255 e. The van der Waals surface area contributed by atoms with Crippen LogP contribution in [0.25, 0.3) is 22.5 Å². The van der Waals surface area contributed by atoms with Crippen LogP contribution >= 0.6 is 0 Å². The Morgan fingerprint density at radius 3 is 2.00 bits per heavy atom. The molecule has 0 amide bonds. The average Bonchev–Trinajstić information content (AvgIpc) is 2.87. The normalized spacial score (nSPS) is 10.5. The number of aromatic nitrogens is 3. The maximum Gasteiger partial charge on any atom is 0.181 e. The van der Waals surface area contributed by atoms with Crippen molar-refractivity contribution in [3.63, 3.8) is 0 Å². The van der Waals surface area contributed by atoms with Crippen molar-refractivity contribution in [1.29, 1.82) is 0 Å². The molecule has 3 heteroatoms. The van der Waals surface area contributed by atoms with E-state index in [1.807, 2.05) is 25.2 Å². The molecule has 3 rings (SSSR count). The van der Waals surface area contributed by atoms with Crippen LogP contribution in [0.1, 0.15) is 0 Å². The molecule has 0 saturated carbocycles. The SMILES string of the molecule is Cn1cnc(-c2ccc(-c3ccccc3)cc2)n1. The Bertz CT molecular complexity index is 639. The fourth-order valence-corrected chi connectivity index (χ4v) is 1.91. The smallest absolute Gasteiger partial charge is 0.181 e. The Kier molecular flexibility index (Phi) is 2.65. The van der Waals surface area contributed by atoms with Crippen molar-refractivity contribution in [2.24, 2.45) is 7.05 Å². The molecule has 0 radical (unpaired) electrons. The van der Waals surface area contributed by atoms with Gasteiger partial charge in [-0.2, -0.15) is 5.10 Å². The Morgan fingerprint density at radius 1 is 0.778 bits per heavy atom. The summed E-state index contributed by atoms with van der Waals surface area (Å²) in [4.78, 5) is 4.24. The molecule has 3 nitrogen and oxygen atoms in total. The van der Waals surface area contributed by atoms with Crippen LogP contribution in [0.4, 0.5) is 0 Å². The zero-order valence-electron chi connectivity index (χ0n) is 10.1. The van der Waals surface area contributed by atoms with Gasteiger partial charge in [0.25, 0.3) is 0 Å². The average molecular weight is 235 g/mol. The van der Waals surface area contributed by atoms with E-state index in [-0.39, 0.29) is 0 Å². The zero-order chi connectivity index (χ0) is 12.4. The second-order valence-electron chi connectivity index (χ2n) is 4.19. The van der Waals surface area contributed by atoms with Crippen molar-refractivity contribution in [1.82, 2.24) is 14.8 Å². The van der Waals surface area contributed by atoms with Gasteiger partial charge in [0.2, 0.25) is 0 Å². The minimum atomic E-state index is 0.761. The molecule has 88 valence electrons. The summed E-state index contributed by atoms with van der Waals surface area (Å²) in [7, 11) is 1.87. The maximum atomic E-state index is 4.29. The molecule has 2 aromatic carbocycles. The quantitative estimate of drug-likeness (QED) is 0.683. The standard InChI is InChI=1S/C15H13N3/c1-18-11-16-15(17-18)14-9-7-13(8-10-14)12-5-3-2-4-6-12/h2-11H,1H3. The van der Waals surface area contributed by atoms with E-state index in [1.54, 1.807) is 11.0 Å². The summed E-state index contributed by atoms with van der Waals surface area (Å²) in [5.41, 5.74) is 3.46. The highest BCUT2D eigenvalue weighted by atomic mass is 15.3. The molecular formula is C15H13N3. The van der Waals surface area contributed by atoms with E-state index in [0.29, 0.717) is 0 Å². The minimum absolute atomic E-state index is 0.761. The monoisotopic (exact) mass is 235 g/mol. The lowest BCUT2D eigenvalue weighted by molar-refractivity contribution is 0.768. The van der Waals surface area contributed by atoms with Gasteiger partial charge in [-0.05, 0) is 11.1 Å². The van der Waals surface area contributed by atoms with Gasteiger partial charge in [0.1, 0.15) is 6.33 Å². The van der Waals surface area contributed by atoms with Crippen molar-refractivity contribution in [2.75, 3.05) is 0 Å². The largest absolute Gasteiger partial charge is 0.255 e. The molecular weight excluding hydrogens is 222 g/mol. The molecule has 0 saturated heterocycles. The number of nitrogens with zero attached hydrogens (tertiary/aromatic N) is 3. The van der Waals surface area contributed by atoms with Crippen LogP contribution in [0.3, 0.4) is 0 Å². The van der Waals surface area contributed by atoms with Crippen molar-refractivity contribution in [2.45, 2.75) is 0 Å². The van der Waals surface area contributed by atoms with Crippen molar-refractivity contribution < 1.29 is 0 Å². The second-order valence-corrected chi connectivity index (χ2v) is 4.19. The van der Waals surface area contributed by atoms with Gasteiger partial charge in [0, 0.05) is 12.6 Å². The van der Waals surface area contributed by atoms with Crippen LogP contribution in [0, 0.1) is 0 Å². The summed E-state index contributed by atoms with van der Waals surface area (Å²) in [6.45, 7) is 0. The molecule has 0 fully saturated rings. The first-order valence-corrected chi connectivity index (χ1v) is 5.84. The highest BCUT2D eigenvalue weighted by Gasteiger charge is 2.03. The molecule has 0 atom stereocenters. The van der Waals surface area contributed by atoms with Gasteiger partial charge >= 0.3 is 0 Å². The fourth-order valence-electron chi connectivity index (χ4n) is 1.91. The molecule has 0 aliphatic carbocycles. The first-order valence-electron chi connectivity index (χ1n) is 5.84. The highest BCUT2D eigenvalue weighted by Crippen LogP contribution is 2.22. The summed E-state index contributed by atoms with van der Waals surface area (Å²) in [5.74, 6) is 0.761. The number of benzene rings is 2. The van der Waals surface area contributed by atoms with Crippen LogP contribution in [0.2, 0.25) is 0 Å². The summed E-state index contributed by atoms with van der Waals surface area (Å²) in [6, 6.07) is 18.6. The predicted molar refractivity (Wildman–Crippen MR) is 71.9 cm³/mol. The molecule has 0 bridgehead atoms. The van der Waals surface area contributed by atoms with E-state index in [0.717, 1.165) is 11.4 Å². The molecule has 18 heavy (non-hydrogen) atoms. The van der Waals surface area contributed by atoms with E-state index in [4.69, 9.17) is 0 Å². The van der Waals surface area contributed by atoms with Gasteiger partial charge < -0.3 is 0 Å². The van der Waals surface area contributed by atoms with Crippen molar-refractivity contribution in [3.8, 4) is 22.5 Å². The lowest BCUT2D eigenvalue weighted by atomic mass is 10.0. The molecule has 0 N–H and O–H groups in total. The lowest BCUT2D eigenvalue weighted by Crippen LogP contribution is -1.88. The van der Waals surface area contributed by atoms with Crippen molar-refractivity contribution >= 4 is 0 Å². The maximum absolute atomic E-state index is 4.29. The Labute approximate surface area is 106 Å². The molecule has 0 aliphatic heterocycles. The van der Waals surface area contributed by atoms with Crippen LogP contribution in [0.5, 0.6) is 0 Å². The van der Waals surface area contributed by atoms with Crippen molar-refractivity contribution in [3.05, 3.63) is 60.9 Å². The number of rotatable bonds is 2. The Hall–Kier alpha value is -2.42. The van der Waals surface area contributed by atoms with E-state index in [1.165, 1.54) is 11.1 Å². The van der Waals surface area contributed by atoms with Gasteiger partial charge in [-0.3, -0.25) is 4.68 Å². The molecule has 0 unspecified atom stereocenters. The summed E-state index contributed by atoms with van der Waals surface area (Å²) in [5, 5.41) is 4.29. The Morgan fingerprint density at radius 2 is 1.39 bits per heavy atom. The van der Waals surface area contributed by atoms with Gasteiger partial charge in [-0.1, -0.05) is 54.6 Å². The molecule has 1 aromatic heterocycles. The van der Waals surface area contributed by atoms with Crippen LogP contribution < -0.4 is 0 Å². The highest BCUT2D eigenvalue weighted by molar-refractivity contribution is 5.67. The van der Waals surface area contributed by atoms with E-state index >= 15 is 0 Å². The van der Waals surface area contributed by atoms with Gasteiger partial charge in [-0.25, -0.2) is 4.98 Å². The van der Waals surface area contributed by atoms with E-state index in [9.17, 15) is 0 Å². The molecule has 3 aromatic rings. The summed E-state index contributed by atoms with van der Waals surface area (Å²) >= 11 is 0. The number of aryl methyl sites for hydroxylation is 1. The van der Waals surface area contributed by atoms with E-state index < -0.39 is 0 Å². The predicted octanol–water partition coefficient (Wildman–Crippen LogP) is 3.15. The zero-order valence-corrected chi connectivity index (χ0v) is 10.1. The third-order valence-corrected chi connectivity index (χ3v) is 2.85. The van der Waals surface area contributed by atoms with E-state index in [2.05, 4.69) is 46.5 Å². The second kappa shape index (κ2) is 4.45. The van der Waals surface area contributed by atoms with Crippen LogP contribution in [-0.2, 0) is 7.05 Å². The molecule has 0 aliphatic rings. The van der Waals surface area contributed by atoms with Crippen LogP contribution in [-0.4, -0.2) is 14.8 Å². The fraction of sp³-hybridized carbons (Fsp3) is 0.0667. The van der Waals surface area contributed by atoms with Gasteiger partial charge in [0.15, 0.2) is 5.82 Å². The topological polar surface area (TPSA) is 30.7 Å². The van der Waals surface area contributed by atoms with Gasteiger partial charge in [-0.15, -0.1) is 0 Å². The Balaban J connectivity index is 1.94. The number of hydrogen-bond acceptors (Lipinski definition) is 2.